The van der Waals surface area contributed by atoms with E-state index < -0.39 is 0 Å². The summed E-state index contributed by atoms with van der Waals surface area (Å²) in [6.45, 7) is 12.9. The Bertz CT molecular complexity index is 315. The van der Waals surface area contributed by atoms with E-state index in [0.717, 1.165) is 6.42 Å². The van der Waals surface area contributed by atoms with E-state index in [9.17, 15) is 0 Å². The minimum atomic E-state index is 0. The lowest BCUT2D eigenvalue weighted by atomic mass is 10.1. The van der Waals surface area contributed by atoms with Gasteiger partial charge in [0.15, 0.2) is 0 Å². The molecule has 1 N–H and O–H groups in total. The van der Waals surface area contributed by atoms with Crippen molar-refractivity contribution in [2.45, 2.75) is 53.4 Å². The fraction of sp³-hybridized carbons (Fsp3) is 0.647. The summed E-state index contributed by atoms with van der Waals surface area (Å²) in [6, 6.07) is 9.34. The van der Waals surface area contributed by atoms with Crippen LogP contribution >= 0.6 is 0 Å². The molecule has 2 heteroatoms. The van der Waals surface area contributed by atoms with Crippen molar-refractivity contribution in [2.75, 3.05) is 19.6 Å². The molecule has 1 aromatic rings. The second-order valence-electron chi connectivity index (χ2n) is 5.34. The number of nitrogens with zero attached hydrogens (tertiary/aromatic N) is 1. The lowest BCUT2D eigenvalue weighted by molar-refractivity contribution is 0.273. The van der Waals surface area contributed by atoms with Crippen LogP contribution in [0, 0.1) is 0 Å². The van der Waals surface area contributed by atoms with Gasteiger partial charge in [-0.15, -0.1) is 0 Å². The first-order valence-electron chi connectivity index (χ1n) is 7.68. The highest BCUT2D eigenvalue weighted by atomic mass is 16.0. The van der Waals surface area contributed by atoms with E-state index in [1.165, 1.54) is 54.6 Å². The van der Waals surface area contributed by atoms with Crippen LogP contribution in [0.4, 0.5) is 5.69 Å². The molecule has 19 heavy (non-hydrogen) atoms. The highest BCUT2D eigenvalue weighted by molar-refractivity contribution is 5.44. The predicted octanol–water partition coefficient (Wildman–Crippen LogP) is 4.61. The monoisotopic (exact) mass is 265 g/mol. The molecule has 0 fully saturated rings. The summed E-state index contributed by atoms with van der Waals surface area (Å²) in [7, 11) is 0. The molecule has 2 nitrogen and oxygen atoms in total. The van der Waals surface area contributed by atoms with Crippen molar-refractivity contribution in [1.29, 1.82) is 0 Å². The van der Waals surface area contributed by atoms with Gasteiger partial charge in [-0.2, -0.15) is 0 Å². The normalized spacial score (nSPS) is 11.2. The van der Waals surface area contributed by atoms with Crippen molar-refractivity contribution < 1.29 is 5.48 Å². The van der Waals surface area contributed by atoms with Crippen molar-refractivity contribution in [2.24, 2.45) is 0 Å². The van der Waals surface area contributed by atoms with Crippen LogP contribution in [-0.4, -0.2) is 25.1 Å². The molecule has 0 heterocycles. The van der Waals surface area contributed by atoms with Gasteiger partial charge < -0.3 is 5.48 Å². The molecule has 0 bridgehead atoms. The molecule has 0 spiro atoms. The first-order valence-corrected chi connectivity index (χ1v) is 7.68. The van der Waals surface area contributed by atoms with Gasteiger partial charge in [-0.3, -0.25) is 4.48 Å². The third kappa shape index (κ3) is 4.63. The Morgan fingerprint density at radius 3 is 1.47 bits per heavy atom. The Morgan fingerprint density at radius 2 is 1.16 bits per heavy atom. The maximum absolute atomic E-state index is 2.36. The van der Waals surface area contributed by atoms with Crippen molar-refractivity contribution in [3.05, 3.63) is 29.8 Å². The topological polar surface area (TPSA) is 30.0 Å². The summed E-state index contributed by atoms with van der Waals surface area (Å²) in [5.41, 5.74) is 2.96. The summed E-state index contributed by atoms with van der Waals surface area (Å²) in [5.74, 6) is 0. The summed E-state index contributed by atoms with van der Waals surface area (Å²) >= 11 is 0. The zero-order valence-electron chi connectivity index (χ0n) is 13.2. The molecule has 0 aliphatic rings. The number of benzene rings is 1. The van der Waals surface area contributed by atoms with Crippen LogP contribution in [0.25, 0.3) is 0 Å². The van der Waals surface area contributed by atoms with Gasteiger partial charge in [-0.1, -0.05) is 39.8 Å². The smallest absolute Gasteiger partial charge is 0.132 e. The molecule has 110 valence electrons. The predicted molar refractivity (Wildman–Crippen MR) is 85.0 cm³/mol. The molecule has 0 amide bonds. The lowest BCUT2D eigenvalue weighted by Crippen LogP contribution is -2.51. The Kier molecular flexibility index (Phi) is 8.70. The van der Waals surface area contributed by atoms with Gasteiger partial charge >= 0.3 is 0 Å². The van der Waals surface area contributed by atoms with Crippen molar-refractivity contribution in [3.8, 4) is 0 Å². The Labute approximate surface area is 119 Å². The highest BCUT2D eigenvalue weighted by Gasteiger charge is 2.27. The summed E-state index contributed by atoms with van der Waals surface area (Å²) in [5, 5.41) is 0. The van der Waals surface area contributed by atoms with Crippen molar-refractivity contribution >= 4 is 5.69 Å². The van der Waals surface area contributed by atoms with Gasteiger partial charge in [0.05, 0.1) is 19.6 Å². The molecule has 0 radical (unpaired) electrons. The van der Waals surface area contributed by atoms with E-state index in [2.05, 4.69) is 52.0 Å². The number of hydrogen-bond acceptors (Lipinski definition) is 1. The molecular weight excluding hydrogens is 234 g/mol. The van der Waals surface area contributed by atoms with E-state index in [1.807, 2.05) is 0 Å². The van der Waals surface area contributed by atoms with Gasteiger partial charge in [-0.25, -0.2) is 0 Å². The summed E-state index contributed by atoms with van der Waals surface area (Å²) < 4.78 is 1.17. The minimum absolute atomic E-state index is 0. The Hall–Kier alpha value is -0.860. The first-order chi connectivity index (χ1) is 8.72. The van der Waals surface area contributed by atoms with E-state index in [-0.39, 0.29) is 5.48 Å². The number of hydrogen-bond donors (Lipinski definition) is 0. The van der Waals surface area contributed by atoms with Gasteiger partial charge in [0.1, 0.15) is 5.69 Å². The quantitative estimate of drug-likeness (QED) is 0.631. The van der Waals surface area contributed by atoms with Crippen LogP contribution < -0.4 is 4.48 Å². The van der Waals surface area contributed by atoms with Gasteiger partial charge in [0, 0.05) is 0 Å². The zero-order valence-corrected chi connectivity index (χ0v) is 13.2. The van der Waals surface area contributed by atoms with E-state index in [4.69, 9.17) is 0 Å². The van der Waals surface area contributed by atoms with Crippen LogP contribution in [0.15, 0.2) is 24.3 Å². The maximum atomic E-state index is 2.36. The average molecular weight is 265 g/mol. The standard InChI is InChI=1S/C17H30N.H2O/c1-5-13-18(14-6-2,15-7-3)17-11-9-16(8-4)10-12-17;/h9-12H,5-8,13-15H2,1-4H3;1H2/q+1;/p-1. The molecule has 1 rings (SSSR count). The molecular formula is C17H31NO. The van der Waals surface area contributed by atoms with Crippen LogP contribution in [-0.2, 0) is 6.42 Å². The SMILES string of the molecule is CCC[N+](CCC)(CCC)c1ccc(CC)cc1.[OH-]. The molecule has 0 atom stereocenters. The van der Waals surface area contributed by atoms with E-state index in [0.29, 0.717) is 0 Å². The Balaban J connectivity index is 0.00000324. The first kappa shape index (κ1) is 18.1. The molecule has 0 aliphatic carbocycles. The fourth-order valence-corrected chi connectivity index (χ4v) is 3.05. The maximum Gasteiger partial charge on any atom is 0.132 e. The molecule has 0 aliphatic heterocycles. The second kappa shape index (κ2) is 9.11. The number of rotatable bonds is 8. The molecule has 0 saturated heterocycles. The van der Waals surface area contributed by atoms with Crippen LogP contribution in [0.1, 0.15) is 52.5 Å². The highest BCUT2D eigenvalue weighted by Crippen LogP contribution is 2.25. The largest absolute Gasteiger partial charge is 0.870 e. The molecule has 0 aromatic heterocycles. The lowest BCUT2D eigenvalue weighted by Gasteiger charge is -2.38. The van der Waals surface area contributed by atoms with Gasteiger partial charge in [0.25, 0.3) is 0 Å². The number of aryl methyl sites for hydroxylation is 1. The zero-order chi connectivity index (χ0) is 13.4. The van der Waals surface area contributed by atoms with Crippen LogP contribution in [0.3, 0.4) is 0 Å². The molecule has 0 unspecified atom stereocenters. The third-order valence-electron chi connectivity index (χ3n) is 3.85. The second-order valence-corrected chi connectivity index (χ2v) is 5.34. The van der Waals surface area contributed by atoms with Crippen molar-refractivity contribution in [1.82, 2.24) is 4.48 Å². The average Bonchev–Trinajstić information content (AvgIpc) is 2.39. The summed E-state index contributed by atoms with van der Waals surface area (Å²) in [4.78, 5) is 0. The minimum Gasteiger partial charge on any atom is -0.870 e. The Morgan fingerprint density at radius 1 is 0.737 bits per heavy atom. The van der Waals surface area contributed by atoms with Gasteiger partial charge in [-0.05, 0) is 43.4 Å². The fourth-order valence-electron chi connectivity index (χ4n) is 3.05. The van der Waals surface area contributed by atoms with E-state index in [1.54, 1.807) is 0 Å². The van der Waals surface area contributed by atoms with Gasteiger partial charge in [0.2, 0.25) is 0 Å². The molecule has 0 saturated carbocycles. The molecule has 1 aromatic carbocycles. The third-order valence-corrected chi connectivity index (χ3v) is 3.85. The van der Waals surface area contributed by atoms with Crippen LogP contribution in [0.5, 0.6) is 0 Å². The van der Waals surface area contributed by atoms with Crippen LogP contribution in [0.2, 0.25) is 0 Å². The number of quaternary nitrogens is 1. The van der Waals surface area contributed by atoms with Crippen molar-refractivity contribution in [3.63, 3.8) is 0 Å². The van der Waals surface area contributed by atoms with E-state index >= 15 is 0 Å². The summed E-state index contributed by atoms with van der Waals surface area (Å²) in [6.07, 6.45) is 4.91.